The van der Waals surface area contributed by atoms with Crippen LogP contribution in [0.2, 0.25) is 0 Å². The Morgan fingerprint density at radius 3 is 2.79 bits per heavy atom. The molecule has 0 fully saturated rings. The van der Waals surface area contributed by atoms with Crippen LogP contribution in [0.4, 0.5) is 11.4 Å². The molecular weight excluding hydrogens is 240 g/mol. The summed E-state index contributed by atoms with van der Waals surface area (Å²) in [5.74, 6) is 0.560. The number of nitrogens with one attached hydrogen (secondary N) is 1. The van der Waals surface area contributed by atoms with Gasteiger partial charge in [-0.15, -0.1) is 0 Å². The Morgan fingerprint density at radius 1 is 1.42 bits per heavy atom. The van der Waals surface area contributed by atoms with Gasteiger partial charge in [-0.3, -0.25) is 4.79 Å². The molecule has 1 aromatic carbocycles. The highest BCUT2D eigenvalue weighted by Gasteiger charge is 2.05. The molecule has 0 aromatic heterocycles. The van der Waals surface area contributed by atoms with Crippen LogP contribution in [-0.4, -0.2) is 25.5 Å². The Morgan fingerprint density at radius 2 is 2.16 bits per heavy atom. The maximum absolute atomic E-state index is 11.4. The third-order valence-corrected chi connectivity index (χ3v) is 2.68. The van der Waals surface area contributed by atoms with Gasteiger partial charge < -0.3 is 15.8 Å². The van der Waals surface area contributed by atoms with Crippen LogP contribution in [0.25, 0.3) is 0 Å². The Labute approximate surface area is 115 Å². The molecule has 0 bridgehead atoms. The Bertz CT molecular complexity index is 417. The minimum atomic E-state index is -0.0126. The zero-order valence-electron chi connectivity index (χ0n) is 12.0. The third kappa shape index (κ3) is 5.75. The summed E-state index contributed by atoms with van der Waals surface area (Å²) in [5, 5.41) is 3.27. The zero-order chi connectivity index (χ0) is 14.3. The molecule has 1 aromatic rings. The van der Waals surface area contributed by atoms with E-state index < -0.39 is 0 Å². The molecule has 4 heteroatoms. The summed E-state index contributed by atoms with van der Waals surface area (Å²) in [6.45, 7) is 8.16. The molecule has 106 valence electrons. The molecule has 0 spiro atoms. The van der Waals surface area contributed by atoms with Gasteiger partial charge in [0.2, 0.25) is 0 Å². The quantitative estimate of drug-likeness (QED) is 0.430. The van der Waals surface area contributed by atoms with Gasteiger partial charge in [-0.05, 0) is 37.5 Å². The van der Waals surface area contributed by atoms with Gasteiger partial charge in [-0.25, -0.2) is 0 Å². The van der Waals surface area contributed by atoms with Crippen LogP contribution < -0.4 is 11.1 Å². The van der Waals surface area contributed by atoms with E-state index in [2.05, 4.69) is 19.2 Å². The molecule has 0 saturated carbocycles. The minimum Gasteiger partial charge on any atom is -0.398 e. The molecule has 0 atom stereocenters. The maximum Gasteiger partial charge on any atom is 0.161 e. The van der Waals surface area contributed by atoms with E-state index in [0.717, 1.165) is 31.9 Å². The van der Waals surface area contributed by atoms with E-state index in [1.165, 1.54) is 6.92 Å². The van der Waals surface area contributed by atoms with Gasteiger partial charge in [0.1, 0.15) is 0 Å². The maximum atomic E-state index is 11.4. The number of hydrogen-bond acceptors (Lipinski definition) is 4. The predicted octanol–water partition coefficient (Wildman–Crippen LogP) is 2.95. The molecule has 0 saturated heterocycles. The Kier molecular flexibility index (Phi) is 6.36. The molecule has 0 radical (unpaired) electrons. The van der Waals surface area contributed by atoms with Crippen molar-refractivity contribution in [3.8, 4) is 0 Å². The molecule has 1 rings (SSSR count). The second-order valence-corrected chi connectivity index (χ2v) is 5.11. The standard InChI is InChI=1S/C15H24N2O2/c1-11(2)10-19-8-4-7-17-13-5-6-15(16)14(9-13)12(3)18/h5-6,9,11,17H,4,7-8,10,16H2,1-3H3. The molecule has 19 heavy (non-hydrogen) atoms. The molecule has 0 aliphatic rings. The third-order valence-electron chi connectivity index (χ3n) is 2.68. The largest absolute Gasteiger partial charge is 0.398 e. The van der Waals surface area contributed by atoms with E-state index in [0.29, 0.717) is 17.2 Å². The van der Waals surface area contributed by atoms with Crippen LogP contribution in [0, 0.1) is 5.92 Å². The number of benzene rings is 1. The van der Waals surface area contributed by atoms with Crippen molar-refractivity contribution in [3.63, 3.8) is 0 Å². The molecule has 4 nitrogen and oxygen atoms in total. The molecule has 3 N–H and O–H groups in total. The second-order valence-electron chi connectivity index (χ2n) is 5.11. The fourth-order valence-electron chi connectivity index (χ4n) is 1.70. The zero-order valence-corrected chi connectivity index (χ0v) is 12.0. The number of hydrogen-bond donors (Lipinski definition) is 2. The first-order valence-corrected chi connectivity index (χ1v) is 6.72. The number of ether oxygens (including phenoxy) is 1. The summed E-state index contributed by atoms with van der Waals surface area (Å²) < 4.78 is 5.50. The second kappa shape index (κ2) is 7.79. The lowest BCUT2D eigenvalue weighted by Crippen LogP contribution is -2.09. The SMILES string of the molecule is CC(=O)c1cc(NCCCOCC(C)C)ccc1N. The van der Waals surface area contributed by atoms with E-state index >= 15 is 0 Å². The van der Waals surface area contributed by atoms with Crippen LogP contribution in [0.1, 0.15) is 37.6 Å². The van der Waals surface area contributed by atoms with Crippen molar-refractivity contribution >= 4 is 17.2 Å². The van der Waals surface area contributed by atoms with Gasteiger partial charge >= 0.3 is 0 Å². The summed E-state index contributed by atoms with van der Waals surface area (Å²) in [5.41, 5.74) is 7.76. The van der Waals surface area contributed by atoms with Gasteiger partial charge in [0, 0.05) is 36.7 Å². The number of ketones is 1. The monoisotopic (exact) mass is 264 g/mol. The molecule has 0 amide bonds. The smallest absolute Gasteiger partial charge is 0.161 e. The topological polar surface area (TPSA) is 64.3 Å². The highest BCUT2D eigenvalue weighted by atomic mass is 16.5. The molecule has 0 aliphatic carbocycles. The van der Waals surface area contributed by atoms with Crippen molar-refractivity contribution in [2.45, 2.75) is 27.2 Å². The number of Topliss-reactive ketones (excluding diaryl/α,β-unsaturated/α-hetero) is 1. The molecule has 0 unspecified atom stereocenters. The first-order chi connectivity index (χ1) is 9.00. The highest BCUT2D eigenvalue weighted by molar-refractivity contribution is 5.99. The van der Waals surface area contributed by atoms with Crippen molar-refractivity contribution in [1.82, 2.24) is 0 Å². The van der Waals surface area contributed by atoms with E-state index in [9.17, 15) is 4.79 Å². The van der Waals surface area contributed by atoms with Crippen LogP contribution >= 0.6 is 0 Å². The Hall–Kier alpha value is -1.55. The van der Waals surface area contributed by atoms with Gasteiger partial charge in [-0.2, -0.15) is 0 Å². The summed E-state index contributed by atoms with van der Waals surface area (Å²) in [6.07, 6.45) is 0.937. The van der Waals surface area contributed by atoms with Crippen molar-refractivity contribution in [3.05, 3.63) is 23.8 Å². The fourth-order valence-corrected chi connectivity index (χ4v) is 1.70. The number of anilines is 2. The Balaban J connectivity index is 2.34. The van der Waals surface area contributed by atoms with Gasteiger partial charge in [0.15, 0.2) is 5.78 Å². The normalized spacial score (nSPS) is 10.7. The average molecular weight is 264 g/mol. The highest BCUT2D eigenvalue weighted by Crippen LogP contribution is 2.18. The van der Waals surface area contributed by atoms with E-state index in [1.54, 1.807) is 12.1 Å². The number of nitrogens with two attached hydrogens (primary N) is 1. The first-order valence-electron chi connectivity index (χ1n) is 6.72. The fraction of sp³-hybridized carbons (Fsp3) is 0.533. The minimum absolute atomic E-state index is 0.0126. The lowest BCUT2D eigenvalue weighted by atomic mass is 10.1. The van der Waals surface area contributed by atoms with Gasteiger partial charge in [-0.1, -0.05) is 13.8 Å². The van der Waals surface area contributed by atoms with Gasteiger partial charge in [0.05, 0.1) is 0 Å². The van der Waals surface area contributed by atoms with Crippen LogP contribution in [0.5, 0.6) is 0 Å². The summed E-state index contributed by atoms with van der Waals surface area (Å²) in [4.78, 5) is 11.4. The lowest BCUT2D eigenvalue weighted by molar-refractivity contribution is 0.101. The lowest BCUT2D eigenvalue weighted by Gasteiger charge is -2.10. The molecular formula is C15H24N2O2. The van der Waals surface area contributed by atoms with Crippen LogP contribution in [0.15, 0.2) is 18.2 Å². The van der Waals surface area contributed by atoms with E-state index in [-0.39, 0.29) is 5.78 Å². The number of carbonyl (C=O) groups is 1. The molecule has 0 aliphatic heterocycles. The van der Waals surface area contributed by atoms with Crippen LogP contribution in [0.3, 0.4) is 0 Å². The number of carbonyl (C=O) groups excluding carboxylic acids is 1. The van der Waals surface area contributed by atoms with Crippen molar-refractivity contribution in [2.24, 2.45) is 5.92 Å². The van der Waals surface area contributed by atoms with E-state index in [4.69, 9.17) is 10.5 Å². The van der Waals surface area contributed by atoms with Gasteiger partial charge in [0.25, 0.3) is 0 Å². The predicted molar refractivity (Wildman–Crippen MR) is 79.6 cm³/mol. The summed E-state index contributed by atoms with van der Waals surface area (Å²) in [6, 6.07) is 5.44. The van der Waals surface area contributed by atoms with E-state index in [1.807, 2.05) is 6.07 Å². The summed E-state index contributed by atoms with van der Waals surface area (Å²) >= 11 is 0. The van der Waals surface area contributed by atoms with Crippen molar-refractivity contribution < 1.29 is 9.53 Å². The first kappa shape index (κ1) is 15.5. The van der Waals surface area contributed by atoms with Crippen LogP contribution in [-0.2, 0) is 4.74 Å². The van der Waals surface area contributed by atoms with Crippen molar-refractivity contribution in [2.75, 3.05) is 30.8 Å². The number of rotatable bonds is 8. The molecule has 0 heterocycles. The number of nitrogen functional groups attached to an aromatic ring is 1. The average Bonchev–Trinajstić information content (AvgIpc) is 2.34. The summed E-state index contributed by atoms with van der Waals surface area (Å²) in [7, 11) is 0. The van der Waals surface area contributed by atoms with Crippen molar-refractivity contribution in [1.29, 1.82) is 0 Å².